The molecular formula is C25H23N5O3. The number of aromatic nitrogens is 5. The van der Waals surface area contributed by atoms with Crippen molar-refractivity contribution in [2.45, 2.75) is 19.9 Å². The number of rotatable bonds is 5. The van der Waals surface area contributed by atoms with Crippen LogP contribution in [-0.2, 0) is 11.3 Å². The van der Waals surface area contributed by atoms with Gasteiger partial charge in [-0.3, -0.25) is 9.36 Å². The maximum Gasteiger partial charge on any atom is 0.262 e. The van der Waals surface area contributed by atoms with E-state index >= 15 is 0 Å². The zero-order chi connectivity index (χ0) is 22.4. The molecule has 3 aromatic heterocycles. The van der Waals surface area contributed by atoms with Crippen LogP contribution in [0.3, 0.4) is 0 Å². The number of nitrogens with zero attached hydrogens (tertiary/aromatic N) is 5. The van der Waals surface area contributed by atoms with Crippen LogP contribution in [0.15, 0.2) is 59.4 Å². The maximum absolute atomic E-state index is 13.4. The van der Waals surface area contributed by atoms with Crippen molar-refractivity contribution in [1.29, 1.82) is 0 Å². The van der Waals surface area contributed by atoms with Gasteiger partial charge >= 0.3 is 0 Å². The van der Waals surface area contributed by atoms with E-state index in [0.29, 0.717) is 41.9 Å². The van der Waals surface area contributed by atoms with Crippen molar-refractivity contribution in [2.75, 3.05) is 19.8 Å². The topological polar surface area (TPSA) is 83.5 Å². The van der Waals surface area contributed by atoms with Gasteiger partial charge < -0.3 is 9.47 Å². The Morgan fingerprint density at radius 2 is 1.91 bits per heavy atom. The summed E-state index contributed by atoms with van der Waals surface area (Å²) in [4.78, 5) is 22.9. The summed E-state index contributed by atoms with van der Waals surface area (Å²) in [7, 11) is 0. The highest BCUT2D eigenvalue weighted by atomic mass is 16.5. The molecule has 8 heteroatoms. The number of benzene rings is 2. The molecule has 2 aromatic carbocycles. The fourth-order valence-corrected chi connectivity index (χ4v) is 4.42. The lowest BCUT2D eigenvalue weighted by atomic mass is 10.1. The van der Waals surface area contributed by atoms with Crippen LogP contribution in [0.1, 0.15) is 17.9 Å². The second-order valence-electron chi connectivity index (χ2n) is 8.47. The Kier molecular flexibility index (Phi) is 4.80. The lowest BCUT2D eigenvalue weighted by Gasteiger charge is -2.14. The second kappa shape index (κ2) is 7.97. The lowest BCUT2D eigenvalue weighted by Crippen LogP contribution is -2.24. The molecule has 0 aliphatic carbocycles. The smallest absolute Gasteiger partial charge is 0.262 e. The molecule has 1 atom stereocenters. The second-order valence-corrected chi connectivity index (χ2v) is 8.47. The molecule has 1 aliphatic heterocycles. The molecule has 1 unspecified atom stereocenters. The minimum absolute atomic E-state index is 0.0969. The van der Waals surface area contributed by atoms with E-state index < -0.39 is 0 Å². The zero-order valence-electron chi connectivity index (χ0n) is 18.3. The predicted octanol–water partition coefficient (Wildman–Crippen LogP) is 3.36. The number of fused-ring (bicyclic) bond motifs is 4. The van der Waals surface area contributed by atoms with Crippen LogP contribution < -0.4 is 10.3 Å². The van der Waals surface area contributed by atoms with Gasteiger partial charge in [-0.1, -0.05) is 24.3 Å². The molecule has 5 aromatic rings. The van der Waals surface area contributed by atoms with Gasteiger partial charge in [0.05, 0.1) is 47.3 Å². The fourth-order valence-electron chi connectivity index (χ4n) is 4.42. The van der Waals surface area contributed by atoms with E-state index in [2.05, 4.69) is 5.10 Å². The minimum atomic E-state index is -0.0969. The van der Waals surface area contributed by atoms with Crippen LogP contribution in [0, 0.1) is 12.8 Å². The summed E-state index contributed by atoms with van der Waals surface area (Å²) < 4.78 is 15.1. The van der Waals surface area contributed by atoms with Gasteiger partial charge in [-0.15, -0.1) is 0 Å². The number of hydrogen-bond acceptors (Lipinski definition) is 6. The summed E-state index contributed by atoms with van der Waals surface area (Å²) in [6, 6.07) is 17.2. The Labute approximate surface area is 189 Å². The average Bonchev–Trinajstić information content (AvgIpc) is 3.50. The Morgan fingerprint density at radius 3 is 2.76 bits per heavy atom. The predicted molar refractivity (Wildman–Crippen MR) is 125 cm³/mol. The Balaban J connectivity index is 1.46. The molecule has 0 bridgehead atoms. The third kappa shape index (κ3) is 3.52. The van der Waals surface area contributed by atoms with Gasteiger partial charge in [0.1, 0.15) is 5.65 Å². The van der Waals surface area contributed by atoms with Crippen molar-refractivity contribution >= 4 is 27.5 Å². The van der Waals surface area contributed by atoms with E-state index in [9.17, 15) is 4.79 Å². The van der Waals surface area contributed by atoms with E-state index in [1.807, 2.05) is 66.0 Å². The fraction of sp³-hybridized carbons (Fsp3) is 0.280. The molecule has 0 radical (unpaired) electrons. The van der Waals surface area contributed by atoms with E-state index in [-0.39, 0.29) is 12.1 Å². The summed E-state index contributed by atoms with van der Waals surface area (Å²) in [5.74, 6) is 1.42. The zero-order valence-corrected chi connectivity index (χ0v) is 18.3. The van der Waals surface area contributed by atoms with Gasteiger partial charge in [-0.05, 0) is 37.6 Å². The van der Waals surface area contributed by atoms with E-state index in [0.717, 1.165) is 35.1 Å². The lowest BCUT2D eigenvalue weighted by molar-refractivity contribution is 0.166. The highest BCUT2D eigenvalue weighted by molar-refractivity contribution is 5.83. The van der Waals surface area contributed by atoms with Gasteiger partial charge in [0.25, 0.3) is 5.56 Å². The van der Waals surface area contributed by atoms with Crippen molar-refractivity contribution < 1.29 is 9.47 Å². The normalized spacial score (nSPS) is 16.2. The quantitative estimate of drug-likeness (QED) is 0.416. The maximum atomic E-state index is 13.4. The van der Waals surface area contributed by atoms with Crippen molar-refractivity contribution in [1.82, 2.24) is 24.1 Å². The molecule has 0 spiro atoms. The van der Waals surface area contributed by atoms with Crippen LogP contribution in [0.5, 0.6) is 5.88 Å². The summed E-state index contributed by atoms with van der Waals surface area (Å²) in [5, 5.41) is 6.07. The Bertz CT molecular complexity index is 1550. The van der Waals surface area contributed by atoms with Crippen molar-refractivity contribution in [2.24, 2.45) is 5.92 Å². The van der Waals surface area contributed by atoms with Crippen molar-refractivity contribution in [3.8, 4) is 5.88 Å². The monoisotopic (exact) mass is 441 g/mol. The van der Waals surface area contributed by atoms with Gasteiger partial charge in [-0.25, -0.2) is 9.50 Å². The van der Waals surface area contributed by atoms with Gasteiger partial charge in [0.15, 0.2) is 5.82 Å². The molecule has 1 fully saturated rings. The number of aryl methyl sites for hydroxylation is 1. The number of hydrogen-bond donors (Lipinski definition) is 0. The van der Waals surface area contributed by atoms with Crippen LogP contribution in [0.25, 0.3) is 27.5 Å². The third-order valence-electron chi connectivity index (χ3n) is 6.09. The molecule has 1 saturated heterocycles. The molecular weight excluding hydrogens is 418 g/mol. The third-order valence-corrected chi connectivity index (χ3v) is 6.09. The summed E-state index contributed by atoms with van der Waals surface area (Å²) in [6.07, 6.45) is 0.987. The van der Waals surface area contributed by atoms with Crippen LogP contribution in [0.4, 0.5) is 0 Å². The molecule has 4 heterocycles. The van der Waals surface area contributed by atoms with Crippen LogP contribution >= 0.6 is 0 Å². The minimum Gasteiger partial charge on any atom is -0.477 e. The molecule has 1 aliphatic rings. The molecule has 0 N–H and O–H groups in total. The van der Waals surface area contributed by atoms with Crippen molar-refractivity contribution in [3.05, 3.63) is 76.5 Å². The Hall–Kier alpha value is -3.78. The SMILES string of the molecule is Cc1cc2n(Cc3nc(OCC4CCOC4)c4ccccc4n3)c(=O)c3ccccc3n2n1. The van der Waals surface area contributed by atoms with Crippen LogP contribution in [-0.4, -0.2) is 44.0 Å². The molecule has 6 rings (SSSR count). The summed E-state index contributed by atoms with van der Waals surface area (Å²) in [6.45, 7) is 4.16. The Morgan fingerprint density at radius 1 is 1.09 bits per heavy atom. The number of ether oxygens (including phenoxy) is 2. The first-order valence-corrected chi connectivity index (χ1v) is 11.1. The average molecular weight is 441 g/mol. The highest BCUT2D eigenvalue weighted by Crippen LogP contribution is 2.24. The highest BCUT2D eigenvalue weighted by Gasteiger charge is 2.19. The largest absolute Gasteiger partial charge is 0.477 e. The van der Waals surface area contributed by atoms with Crippen LogP contribution in [0.2, 0.25) is 0 Å². The van der Waals surface area contributed by atoms with Gasteiger partial charge in [0.2, 0.25) is 5.88 Å². The summed E-state index contributed by atoms with van der Waals surface area (Å²) >= 11 is 0. The van der Waals surface area contributed by atoms with E-state index in [1.54, 1.807) is 4.57 Å². The number of para-hydroxylation sites is 2. The molecule has 0 amide bonds. The molecule has 0 saturated carbocycles. The molecule has 33 heavy (non-hydrogen) atoms. The first-order chi connectivity index (χ1) is 16.2. The standard InChI is InChI=1S/C25H23N5O3/c1-16-12-23-29(25(31)19-7-3-5-9-21(19)30(23)28-16)13-22-26-20-8-4-2-6-18(20)24(27-22)33-15-17-10-11-32-14-17/h2-9,12,17H,10-11,13-15H2,1H3. The molecule has 8 nitrogen and oxygen atoms in total. The van der Waals surface area contributed by atoms with E-state index in [4.69, 9.17) is 19.4 Å². The van der Waals surface area contributed by atoms with Crippen molar-refractivity contribution in [3.63, 3.8) is 0 Å². The van der Waals surface area contributed by atoms with Gasteiger partial charge in [-0.2, -0.15) is 10.1 Å². The first kappa shape index (κ1) is 19.9. The first-order valence-electron chi connectivity index (χ1n) is 11.1. The van der Waals surface area contributed by atoms with Gasteiger partial charge in [0, 0.05) is 18.6 Å². The summed E-state index contributed by atoms with van der Waals surface area (Å²) in [5.41, 5.74) is 3.01. The van der Waals surface area contributed by atoms with E-state index in [1.165, 1.54) is 0 Å². The molecule has 166 valence electrons.